The highest BCUT2D eigenvalue weighted by atomic mass is 35.5. The predicted octanol–water partition coefficient (Wildman–Crippen LogP) is 1.95. The molecule has 0 aliphatic carbocycles. The molecule has 1 aromatic carbocycles. The third-order valence-corrected chi connectivity index (χ3v) is 4.02. The number of amides is 2. The fraction of sp³-hybridized carbons (Fsp3) is 0.333. The van der Waals surface area contributed by atoms with Gasteiger partial charge in [-0.05, 0) is 36.8 Å². The second-order valence-electron chi connectivity index (χ2n) is 5.85. The first-order chi connectivity index (χ1) is 12.1. The van der Waals surface area contributed by atoms with Crippen molar-refractivity contribution in [3.8, 4) is 0 Å². The van der Waals surface area contributed by atoms with Crippen LogP contribution in [-0.2, 0) is 16.1 Å². The minimum Gasteiger partial charge on any atom is -0.459 e. The van der Waals surface area contributed by atoms with E-state index in [9.17, 15) is 9.59 Å². The molecular weight excluding hydrogens is 358 g/mol. The van der Waals surface area contributed by atoms with Crippen molar-refractivity contribution < 1.29 is 18.7 Å². The highest BCUT2D eigenvalue weighted by Crippen LogP contribution is 2.12. The van der Waals surface area contributed by atoms with Crippen molar-refractivity contribution in [1.29, 1.82) is 0 Å². The predicted molar refractivity (Wildman–Crippen MR) is 99.4 cm³/mol. The maximum absolute atomic E-state index is 12.2. The van der Waals surface area contributed by atoms with Crippen molar-refractivity contribution in [3.05, 3.63) is 54.0 Å². The van der Waals surface area contributed by atoms with E-state index >= 15 is 0 Å². The third-order valence-electron chi connectivity index (χ3n) is 4.02. The van der Waals surface area contributed by atoms with Crippen molar-refractivity contribution in [2.24, 2.45) is 0 Å². The van der Waals surface area contributed by atoms with Crippen molar-refractivity contribution in [1.82, 2.24) is 10.6 Å². The summed E-state index contributed by atoms with van der Waals surface area (Å²) in [4.78, 5) is 24.1. The first-order valence-electron chi connectivity index (χ1n) is 8.20. The molecule has 0 radical (unpaired) electrons. The Bertz CT molecular complexity index is 719. The highest BCUT2D eigenvalue weighted by molar-refractivity contribution is 6.02. The maximum Gasteiger partial charge on any atom is 0.291 e. The standard InChI is InChI=1S/C18H21N3O4.ClH/c1-12-16(19-8-10-24-12)18(23)20-11-13-4-6-14(7-5-13)21-17(22)15-3-2-9-25-15;/h2-7,9,12,16,19H,8,10-11H2,1H3,(H,20,23)(H,21,22);1H/t12-,16+;/m1./s1. The number of ether oxygens (including phenoxy) is 1. The molecule has 1 fully saturated rings. The Hall–Kier alpha value is -2.35. The van der Waals surface area contributed by atoms with E-state index in [0.29, 0.717) is 25.4 Å². The topological polar surface area (TPSA) is 92.6 Å². The van der Waals surface area contributed by atoms with E-state index in [-0.39, 0.29) is 42.1 Å². The number of anilines is 1. The average molecular weight is 380 g/mol. The Morgan fingerprint density at radius 2 is 2.00 bits per heavy atom. The number of rotatable bonds is 5. The van der Waals surface area contributed by atoms with Crippen LogP contribution in [0.15, 0.2) is 47.1 Å². The van der Waals surface area contributed by atoms with E-state index < -0.39 is 0 Å². The van der Waals surface area contributed by atoms with Gasteiger partial charge in [0.1, 0.15) is 6.04 Å². The summed E-state index contributed by atoms with van der Waals surface area (Å²) in [5.74, 6) is -0.126. The van der Waals surface area contributed by atoms with E-state index in [1.54, 1.807) is 24.3 Å². The first-order valence-corrected chi connectivity index (χ1v) is 8.20. The molecular formula is C18H22ClN3O4. The van der Waals surface area contributed by atoms with Gasteiger partial charge in [-0.25, -0.2) is 0 Å². The number of hydrogen-bond donors (Lipinski definition) is 3. The summed E-state index contributed by atoms with van der Waals surface area (Å²) in [7, 11) is 0. The summed E-state index contributed by atoms with van der Waals surface area (Å²) in [6, 6.07) is 10.2. The molecule has 0 bridgehead atoms. The van der Waals surface area contributed by atoms with Gasteiger partial charge in [0, 0.05) is 18.8 Å². The number of halogens is 1. The van der Waals surface area contributed by atoms with E-state index in [1.165, 1.54) is 6.26 Å². The Morgan fingerprint density at radius 3 is 2.65 bits per heavy atom. The van der Waals surface area contributed by atoms with E-state index in [4.69, 9.17) is 9.15 Å². The van der Waals surface area contributed by atoms with Gasteiger partial charge in [-0.1, -0.05) is 12.1 Å². The molecule has 8 heteroatoms. The molecule has 0 spiro atoms. The fourth-order valence-corrected chi connectivity index (χ4v) is 2.63. The lowest BCUT2D eigenvalue weighted by molar-refractivity contribution is -0.129. The summed E-state index contributed by atoms with van der Waals surface area (Å²) >= 11 is 0. The van der Waals surface area contributed by atoms with Crippen LogP contribution in [0.1, 0.15) is 23.0 Å². The average Bonchev–Trinajstić information content (AvgIpc) is 3.16. The fourth-order valence-electron chi connectivity index (χ4n) is 2.63. The molecule has 2 aromatic rings. The summed E-state index contributed by atoms with van der Waals surface area (Å²) in [5, 5.41) is 8.80. The lowest BCUT2D eigenvalue weighted by Crippen LogP contribution is -2.55. The van der Waals surface area contributed by atoms with Crippen molar-refractivity contribution in [2.75, 3.05) is 18.5 Å². The van der Waals surface area contributed by atoms with Crippen LogP contribution < -0.4 is 16.0 Å². The first kappa shape index (κ1) is 20.0. The Morgan fingerprint density at radius 1 is 1.23 bits per heavy atom. The zero-order chi connectivity index (χ0) is 17.6. The summed E-state index contributed by atoms with van der Waals surface area (Å²) in [5.41, 5.74) is 1.60. The van der Waals surface area contributed by atoms with Crippen LogP contribution in [0.2, 0.25) is 0 Å². The number of hydrogen-bond acceptors (Lipinski definition) is 5. The van der Waals surface area contributed by atoms with Crippen LogP contribution in [0.5, 0.6) is 0 Å². The van der Waals surface area contributed by atoms with Gasteiger partial charge in [-0.3, -0.25) is 9.59 Å². The van der Waals surface area contributed by atoms with Crippen LogP contribution in [-0.4, -0.2) is 37.1 Å². The van der Waals surface area contributed by atoms with Crippen LogP contribution in [0.4, 0.5) is 5.69 Å². The van der Waals surface area contributed by atoms with Crippen LogP contribution in [0.3, 0.4) is 0 Å². The number of nitrogens with one attached hydrogen (secondary N) is 3. The summed E-state index contributed by atoms with van der Waals surface area (Å²) < 4.78 is 10.5. The maximum atomic E-state index is 12.2. The lowest BCUT2D eigenvalue weighted by Gasteiger charge is -2.29. The Kier molecular flexibility index (Phi) is 7.20. The molecule has 1 saturated heterocycles. The van der Waals surface area contributed by atoms with Gasteiger partial charge in [0.15, 0.2) is 5.76 Å². The lowest BCUT2D eigenvalue weighted by atomic mass is 10.1. The summed E-state index contributed by atoms with van der Waals surface area (Å²) in [6.45, 7) is 3.59. The molecule has 2 amide bonds. The molecule has 3 N–H and O–H groups in total. The number of morpholine rings is 1. The molecule has 2 heterocycles. The highest BCUT2D eigenvalue weighted by Gasteiger charge is 2.27. The second kappa shape index (κ2) is 9.38. The summed E-state index contributed by atoms with van der Waals surface area (Å²) in [6.07, 6.45) is 1.31. The zero-order valence-corrected chi connectivity index (χ0v) is 15.2. The molecule has 1 aromatic heterocycles. The molecule has 7 nitrogen and oxygen atoms in total. The van der Waals surface area contributed by atoms with Gasteiger partial charge in [0.2, 0.25) is 5.91 Å². The molecule has 1 aliphatic rings. The Labute approximate surface area is 157 Å². The molecule has 0 unspecified atom stereocenters. The number of benzene rings is 1. The zero-order valence-electron chi connectivity index (χ0n) is 14.4. The molecule has 140 valence electrons. The van der Waals surface area contributed by atoms with Crippen molar-refractivity contribution in [3.63, 3.8) is 0 Å². The molecule has 26 heavy (non-hydrogen) atoms. The molecule has 2 atom stereocenters. The van der Waals surface area contributed by atoms with Crippen LogP contribution in [0, 0.1) is 0 Å². The molecule has 1 aliphatic heterocycles. The minimum absolute atomic E-state index is 0. The second-order valence-corrected chi connectivity index (χ2v) is 5.85. The van der Waals surface area contributed by atoms with E-state index in [2.05, 4.69) is 16.0 Å². The monoisotopic (exact) mass is 379 g/mol. The number of carbonyl (C=O) groups is 2. The van der Waals surface area contributed by atoms with Gasteiger partial charge in [-0.15, -0.1) is 12.4 Å². The van der Waals surface area contributed by atoms with E-state index in [0.717, 1.165) is 5.56 Å². The van der Waals surface area contributed by atoms with Gasteiger partial charge in [-0.2, -0.15) is 0 Å². The van der Waals surface area contributed by atoms with Crippen molar-refractivity contribution >= 4 is 29.9 Å². The van der Waals surface area contributed by atoms with E-state index in [1.807, 2.05) is 19.1 Å². The van der Waals surface area contributed by atoms with Crippen LogP contribution >= 0.6 is 12.4 Å². The van der Waals surface area contributed by atoms with Gasteiger partial charge in [0.05, 0.1) is 19.0 Å². The number of furan rings is 1. The number of carbonyl (C=O) groups excluding carboxylic acids is 2. The van der Waals surface area contributed by atoms with Gasteiger partial charge >= 0.3 is 0 Å². The largest absolute Gasteiger partial charge is 0.459 e. The molecule has 0 saturated carbocycles. The minimum atomic E-state index is -0.333. The van der Waals surface area contributed by atoms with Gasteiger partial charge in [0.25, 0.3) is 5.91 Å². The van der Waals surface area contributed by atoms with Crippen molar-refractivity contribution in [2.45, 2.75) is 25.6 Å². The quantitative estimate of drug-likeness (QED) is 0.738. The smallest absolute Gasteiger partial charge is 0.291 e. The van der Waals surface area contributed by atoms with Crippen LogP contribution in [0.25, 0.3) is 0 Å². The Balaban J connectivity index is 0.00000243. The normalized spacial score (nSPS) is 19.3. The third kappa shape index (κ3) is 5.08. The molecule has 3 rings (SSSR count). The SMILES string of the molecule is C[C@H]1OCCN[C@@H]1C(=O)NCc1ccc(NC(=O)c2ccco2)cc1.Cl. The van der Waals surface area contributed by atoms with Gasteiger partial charge < -0.3 is 25.1 Å².